The molecule has 22 heavy (non-hydrogen) atoms. The molecule has 1 heterocycles. The Hall–Kier alpha value is -2.47. The van der Waals surface area contributed by atoms with Gasteiger partial charge in [-0.1, -0.05) is 34.1 Å². The Kier molecular flexibility index (Phi) is 3.77. The number of fused-ring (bicyclic) bond motifs is 1. The van der Waals surface area contributed by atoms with E-state index in [-0.39, 0.29) is 17.5 Å². The second-order valence-corrected chi connectivity index (χ2v) is 5.73. The number of aromatic nitrogens is 2. The molecule has 0 aliphatic carbocycles. The molecule has 0 fully saturated rings. The average molecular weight is 359 g/mol. The van der Waals surface area contributed by atoms with Gasteiger partial charge in [0, 0.05) is 10.9 Å². The summed E-state index contributed by atoms with van der Waals surface area (Å²) in [5, 5.41) is 9.69. The highest BCUT2D eigenvalue weighted by Gasteiger charge is 2.11. The number of benzene rings is 2. The number of hydrogen-bond donors (Lipinski definition) is 2. The van der Waals surface area contributed by atoms with Gasteiger partial charge in [-0.3, -0.25) is 4.79 Å². The minimum absolute atomic E-state index is 0.209. The number of nitrogens with zero attached hydrogens (tertiary/aromatic N) is 1. The number of H-pyrrole nitrogens is 1. The van der Waals surface area contributed by atoms with Crippen molar-refractivity contribution in [3.05, 3.63) is 74.2 Å². The molecule has 3 aromatic rings. The molecule has 0 aliphatic rings. The number of carboxylic acid groups (broad SMARTS) is 1. The van der Waals surface area contributed by atoms with Crippen LogP contribution in [0.15, 0.2) is 51.7 Å². The fraction of sp³-hybridized carbons (Fsp3) is 0.0625. The molecule has 0 bridgehead atoms. The molecule has 2 N–H and O–H groups in total. The lowest BCUT2D eigenvalue weighted by Gasteiger charge is -2.06. The Labute approximate surface area is 133 Å². The molecule has 3 rings (SSSR count). The number of aromatic amines is 1. The summed E-state index contributed by atoms with van der Waals surface area (Å²) in [6.07, 6.45) is 0.254. The van der Waals surface area contributed by atoms with Crippen LogP contribution in [0.2, 0.25) is 0 Å². The standard InChI is InChI=1S/C16H11BrN2O3/c17-10-5-6-13-12(8-10)15(20)19-14(18-13)7-9-3-1-2-4-11(9)16(21)22/h1-6,8H,7H2,(H,21,22)(H,18,19,20). The zero-order valence-electron chi connectivity index (χ0n) is 11.3. The van der Waals surface area contributed by atoms with E-state index in [4.69, 9.17) is 0 Å². The predicted octanol–water partition coefficient (Wildman–Crippen LogP) is 2.97. The van der Waals surface area contributed by atoms with Gasteiger partial charge in [0.25, 0.3) is 5.56 Å². The van der Waals surface area contributed by atoms with Crippen LogP contribution in [0.25, 0.3) is 10.9 Å². The van der Waals surface area contributed by atoms with Gasteiger partial charge in [0.05, 0.1) is 16.5 Å². The molecule has 1 aromatic heterocycles. The van der Waals surface area contributed by atoms with Crippen molar-refractivity contribution in [1.82, 2.24) is 9.97 Å². The molecule has 110 valence electrons. The van der Waals surface area contributed by atoms with Crippen molar-refractivity contribution < 1.29 is 9.90 Å². The minimum Gasteiger partial charge on any atom is -0.478 e. The van der Waals surface area contributed by atoms with E-state index in [0.717, 1.165) is 4.47 Å². The third-order valence-electron chi connectivity index (χ3n) is 3.32. The average Bonchev–Trinajstić information content (AvgIpc) is 2.48. The maximum absolute atomic E-state index is 12.1. The summed E-state index contributed by atoms with van der Waals surface area (Å²) >= 11 is 3.32. The Morgan fingerprint density at radius 2 is 2.00 bits per heavy atom. The third-order valence-corrected chi connectivity index (χ3v) is 3.82. The number of rotatable bonds is 3. The van der Waals surface area contributed by atoms with E-state index >= 15 is 0 Å². The Balaban J connectivity index is 2.07. The van der Waals surface area contributed by atoms with Crippen LogP contribution in [0.5, 0.6) is 0 Å². The summed E-state index contributed by atoms with van der Waals surface area (Å²) in [4.78, 5) is 30.5. The first kappa shape index (κ1) is 14.5. The van der Waals surface area contributed by atoms with E-state index in [1.807, 2.05) is 6.07 Å². The Bertz CT molecular complexity index is 934. The van der Waals surface area contributed by atoms with Crippen molar-refractivity contribution >= 4 is 32.8 Å². The van der Waals surface area contributed by atoms with Gasteiger partial charge in [0.1, 0.15) is 5.82 Å². The summed E-state index contributed by atoms with van der Waals surface area (Å²) in [6, 6.07) is 11.9. The van der Waals surface area contributed by atoms with Crippen LogP contribution < -0.4 is 5.56 Å². The number of aromatic carboxylic acids is 1. The maximum Gasteiger partial charge on any atom is 0.335 e. The lowest BCUT2D eigenvalue weighted by Crippen LogP contribution is -2.13. The number of carbonyl (C=O) groups is 1. The molecule has 0 saturated heterocycles. The molecule has 0 spiro atoms. The van der Waals surface area contributed by atoms with Crippen molar-refractivity contribution in [2.75, 3.05) is 0 Å². The molecular formula is C16H11BrN2O3. The van der Waals surface area contributed by atoms with Crippen molar-refractivity contribution in [1.29, 1.82) is 0 Å². The summed E-state index contributed by atoms with van der Waals surface area (Å²) in [7, 11) is 0. The van der Waals surface area contributed by atoms with Crippen LogP contribution >= 0.6 is 15.9 Å². The largest absolute Gasteiger partial charge is 0.478 e. The number of halogens is 1. The van der Waals surface area contributed by atoms with Gasteiger partial charge in [-0.05, 0) is 29.8 Å². The van der Waals surface area contributed by atoms with Gasteiger partial charge in [-0.15, -0.1) is 0 Å². The van der Waals surface area contributed by atoms with Crippen LogP contribution in [0.1, 0.15) is 21.7 Å². The third kappa shape index (κ3) is 2.78. The van der Waals surface area contributed by atoms with Crippen molar-refractivity contribution in [3.63, 3.8) is 0 Å². The summed E-state index contributed by atoms with van der Waals surface area (Å²) in [5.41, 5.74) is 1.15. The molecule has 0 amide bonds. The van der Waals surface area contributed by atoms with E-state index in [1.165, 1.54) is 6.07 Å². The van der Waals surface area contributed by atoms with Gasteiger partial charge in [0.15, 0.2) is 0 Å². The highest BCUT2D eigenvalue weighted by molar-refractivity contribution is 9.10. The normalized spacial score (nSPS) is 10.8. The van der Waals surface area contributed by atoms with Crippen molar-refractivity contribution in [2.24, 2.45) is 0 Å². The fourth-order valence-electron chi connectivity index (χ4n) is 2.31. The zero-order chi connectivity index (χ0) is 15.7. The van der Waals surface area contributed by atoms with Gasteiger partial charge in [-0.25, -0.2) is 9.78 Å². The molecule has 2 aromatic carbocycles. The lowest BCUT2D eigenvalue weighted by atomic mass is 10.0. The van der Waals surface area contributed by atoms with Crippen LogP contribution in [-0.4, -0.2) is 21.0 Å². The molecular weight excluding hydrogens is 348 g/mol. The Morgan fingerprint density at radius 1 is 1.23 bits per heavy atom. The first-order chi connectivity index (χ1) is 10.5. The SMILES string of the molecule is O=C(O)c1ccccc1Cc1nc2ccc(Br)cc2c(=O)[nH]1. The van der Waals surface area contributed by atoms with Gasteiger partial charge in [0.2, 0.25) is 0 Å². The first-order valence-electron chi connectivity index (χ1n) is 6.54. The van der Waals surface area contributed by atoms with Gasteiger partial charge >= 0.3 is 5.97 Å². The van der Waals surface area contributed by atoms with Crippen molar-refractivity contribution in [3.8, 4) is 0 Å². The van der Waals surface area contributed by atoms with E-state index in [2.05, 4.69) is 25.9 Å². The summed E-state index contributed by atoms with van der Waals surface area (Å²) in [5.74, 6) is -0.559. The van der Waals surface area contributed by atoms with Gasteiger partial charge < -0.3 is 10.1 Å². The maximum atomic E-state index is 12.1. The molecule has 0 unspecified atom stereocenters. The second-order valence-electron chi connectivity index (χ2n) is 4.81. The van der Waals surface area contributed by atoms with Crippen LogP contribution in [-0.2, 0) is 6.42 Å². The molecule has 0 atom stereocenters. The number of carboxylic acids is 1. The van der Waals surface area contributed by atoms with Crippen LogP contribution in [0, 0.1) is 0 Å². The molecule has 6 heteroatoms. The molecule has 0 aliphatic heterocycles. The fourth-order valence-corrected chi connectivity index (χ4v) is 2.67. The molecule has 0 saturated carbocycles. The van der Waals surface area contributed by atoms with Crippen LogP contribution in [0.3, 0.4) is 0 Å². The lowest BCUT2D eigenvalue weighted by molar-refractivity contribution is 0.0696. The highest BCUT2D eigenvalue weighted by Crippen LogP contribution is 2.17. The summed E-state index contributed by atoms with van der Waals surface area (Å²) < 4.78 is 0.802. The first-order valence-corrected chi connectivity index (χ1v) is 7.33. The topological polar surface area (TPSA) is 83.0 Å². The van der Waals surface area contributed by atoms with E-state index in [0.29, 0.717) is 22.3 Å². The summed E-state index contributed by atoms with van der Waals surface area (Å²) in [6.45, 7) is 0. The van der Waals surface area contributed by atoms with E-state index < -0.39 is 5.97 Å². The monoisotopic (exact) mass is 358 g/mol. The second kappa shape index (κ2) is 5.73. The highest BCUT2D eigenvalue weighted by atomic mass is 79.9. The van der Waals surface area contributed by atoms with E-state index in [1.54, 1.807) is 30.3 Å². The van der Waals surface area contributed by atoms with Gasteiger partial charge in [-0.2, -0.15) is 0 Å². The zero-order valence-corrected chi connectivity index (χ0v) is 12.9. The van der Waals surface area contributed by atoms with E-state index in [9.17, 15) is 14.7 Å². The minimum atomic E-state index is -0.998. The van der Waals surface area contributed by atoms with Crippen LogP contribution in [0.4, 0.5) is 0 Å². The number of nitrogens with one attached hydrogen (secondary N) is 1. The molecule has 0 radical (unpaired) electrons. The Morgan fingerprint density at radius 3 is 2.77 bits per heavy atom. The quantitative estimate of drug-likeness (QED) is 0.753. The number of hydrogen-bond acceptors (Lipinski definition) is 3. The molecule has 5 nitrogen and oxygen atoms in total. The van der Waals surface area contributed by atoms with Crippen molar-refractivity contribution in [2.45, 2.75) is 6.42 Å². The smallest absolute Gasteiger partial charge is 0.335 e. The predicted molar refractivity (Wildman–Crippen MR) is 86.3 cm³/mol.